The van der Waals surface area contributed by atoms with Crippen LogP contribution in [-0.4, -0.2) is 25.7 Å². The number of benzene rings is 1. The molecule has 1 aromatic carbocycles. The second-order valence-electron chi connectivity index (χ2n) is 4.54. The van der Waals surface area contributed by atoms with E-state index in [1.807, 2.05) is 38.1 Å². The van der Waals surface area contributed by atoms with Gasteiger partial charge in [-0.25, -0.2) is 0 Å². The molecule has 0 aromatic heterocycles. The molecule has 0 heterocycles. The van der Waals surface area contributed by atoms with E-state index in [-0.39, 0.29) is 18.1 Å². The van der Waals surface area contributed by atoms with Crippen molar-refractivity contribution in [2.45, 2.75) is 39.3 Å². The average molecular weight is 265 g/mol. The fourth-order valence-corrected chi connectivity index (χ4v) is 2.07. The summed E-state index contributed by atoms with van der Waals surface area (Å²) in [4.78, 5) is 11.4. The number of ether oxygens (including phenoxy) is 2. The first-order valence-corrected chi connectivity index (χ1v) is 6.63. The van der Waals surface area contributed by atoms with Crippen LogP contribution in [0.15, 0.2) is 24.3 Å². The standard InChI is InChI=1S/C15H23NO3/c1-5-19-15(17)10-11(2)16-12(3)13-8-6-7-9-14(13)18-4/h6-9,11-12,16H,5,10H2,1-4H3/t11?,12-/m0/s1. The van der Waals surface area contributed by atoms with Crippen molar-refractivity contribution >= 4 is 5.97 Å². The molecular weight excluding hydrogens is 242 g/mol. The highest BCUT2D eigenvalue weighted by Gasteiger charge is 2.15. The molecular formula is C15H23NO3. The Labute approximate surface area is 115 Å². The van der Waals surface area contributed by atoms with Gasteiger partial charge in [0.2, 0.25) is 0 Å². The van der Waals surface area contributed by atoms with E-state index in [1.165, 1.54) is 0 Å². The zero-order valence-electron chi connectivity index (χ0n) is 12.1. The van der Waals surface area contributed by atoms with E-state index in [1.54, 1.807) is 7.11 Å². The molecule has 0 saturated carbocycles. The highest BCUT2D eigenvalue weighted by atomic mass is 16.5. The third-order valence-electron chi connectivity index (χ3n) is 2.92. The summed E-state index contributed by atoms with van der Waals surface area (Å²) < 4.78 is 10.3. The van der Waals surface area contributed by atoms with Gasteiger partial charge in [-0.15, -0.1) is 0 Å². The molecule has 1 unspecified atom stereocenters. The summed E-state index contributed by atoms with van der Waals surface area (Å²) in [6.45, 7) is 6.27. The predicted octanol–water partition coefficient (Wildman–Crippen LogP) is 2.69. The first kappa shape index (κ1) is 15.5. The minimum absolute atomic E-state index is 0.0546. The summed E-state index contributed by atoms with van der Waals surface area (Å²) in [5, 5.41) is 3.38. The smallest absolute Gasteiger partial charge is 0.307 e. The quantitative estimate of drug-likeness (QED) is 0.770. The largest absolute Gasteiger partial charge is 0.496 e. The van der Waals surface area contributed by atoms with Gasteiger partial charge in [0.1, 0.15) is 5.75 Å². The van der Waals surface area contributed by atoms with Crippen molar-refractivity contribution in [3.63, 3.8) is 0 Å². The Morgan fingerprint density at radius 1 is 1.32 bits per heavy atom. The van der Waals surface area contributed by atoms with Crippen molar-refractivity contribution in [3.05, 3.63) is 29.8 Å². The van der Waals surface area contributed by atoms with Crippen LogP contribution in [0.5, 0.6) is 5.75 Å². The van der Waals surface area contributed by atoms with E-state index >= 15 is 0 Å². The molecule has 0 aliphatic carbocycles. The summed E-state index contributed by atoms with van der Waals surface area (Å²) in [6.07, 6.45) is 0.368. The summed E-state index contributed by atoms with van der Waals surface area (Å²) in [5.41, 5.74) is 1.08. The van der Waals surface area contributed by atoms with Crippen molar-refractivity contribution in [2.75, 3.05) is 13.7 Å². The molecule has 0 saturated heterocycles. The van der Waals surface area contributed by atoms with E-state index in [0.29, 0.717) is 13.0 Å². The molecule has 4 heteroatoms. The molecule has 19 heavy (non-hydrogen) atoms. The first-order chi connectivity index (χ1) is 9.08. The van der Waals surface area contributed by atoms with Crippen LogP contribution < -0.4 is 10.1 Å². The molecule has 0 bridgehead atoms. The fourth-order valence-electron chi connectivity index (χ4n) is 2.07. The van der Waals surface area contributed by atoms with Crippen LogP contribution in [0.2, 0.25) is 0 Å². The molecule has 0 aliphatic rings. The maximum absolute atomic E-state index is 11.4. The Kier molecular flexibility index (Phi) is 6.36. The number of nitrogens with one attached hydrogen (secondary N) is 1. The SMILES string of the molecule is CCOC(=O)CC(C)N[C@@H](C)c1ccccc1OC. The zero-order chi connectivity index (χ0) is 14.3. The van der Waals surface area contributed by atoms with Gasteiger partial charge in [-0.2, -0.15) is 0 Å². The van der Waals surface area contributed by atoms with Crippen molar-refractivity contribution in [1.82, 2.24) is 5.32 Å². The lowest BCUT2D eigenvalue weighted by molar-refractivity contribution is -0.143. The topological polar surface area (TPSA) is 47.6 Å². The lowest BCUT2D eigenvalue weighted by atomic mass is 10.1. The van der Waals surface area contributed by atoms with E-state index in [9.17, 15) is 4.79 Å². The zero-order valence-corrected chi connectivity index (χ0v) is 12.1. The summed E-state index contributed by atoms with van der Waals surface area (Å²) in [6, 6.07) is 8.04. The molecule has 1 rings (SSSR count). The van der Waals surface area contributed by atoms with Crippen LogP contribution in [0.3, 0.4) is 0 Å². The molecule has 0 amide bonds. The number of para-hydroxylation sites is 1. The molecule has 1 aromatic rings. The average Bonchev–Trinajstić information content (AvgIpc) is 2.38. The molecule has 2 atom stereocenters. The molecule has 106 valence electrons. The monoisotopic (exact) mass is 265 g/mol. The molecule has 0 aliphatic heterocycles. The van der Waals surface area contributed by atoms with Crippen LogP contribution >= 0.6 is 0 Å². The number of carbonyl (C=O) groups is 1. The Hall–Kier alpha value is -1.55. The Bertz CT molecular complexity index is 406. The Morgan fingerprint density at radius 3 is 2.63 bits per heavy atom. The third kappa shape index (κ3) is 4.91. The third-order valence-corrected chi connectivity index (χ3v) is 2.92. The van der Waals surface area contributed by atoms with Crippen molar-refractivity contribution in [2.24, 2.45) is 0 Å². The van der Waals surface area contributed by atoms with E-state index in [4.69, 9.17) is 9.47 Å². The molecule has 0 radical (unpaired) electrons. The maximum Gasteiger partial charge on any atom is 0.307 e. The lowest BCUT2D eigenvalue weighted by Crippen LogP contribution is -2.31. The highest BCUT2D eigenvalue weighted by Crippen LogP contribution is 2.24. The van der Waals surface area contributed by atoms with Crippen LogP contribution in [0.4, 0.5) is 0 Å². The van der Waals surface area contributed by atoms with Gasteiger partial charge in [0.25, 0.3) is 0 Å². The number of carbonyl (C=O) groups excluding carboxylic acids is 1. The van der Waals surface area contributed by atoms with Gasteiger partial charge in [-0.1, -0.05) is 18.2 Å². The van der Waals surface area contributed by atoms with Crippen molar-refractivity contribution in [3.8, 4) is 5.75 Å². The molecule has 1 N–H and O–H groups in total. The second kappa shape index (κ2) is 7.79. The van der Waals surface area contributed by atoms with Gasteiger partial charge in [0.05, 0.1) is 20.1 Å². The summed E-state index contributed by atoms with van der Waals surface area (Å²) in [5.74, 6) is 0.681. The lowest BCUT2D eigenvalue weighted by Gasteiger charge is -2.21. The van der Waals surface area contributed by atoms with Gasteiger partial charge >= 0.3 is 5.97 Å². The second-order valence-corrected chi connectivity index (χ2v) is 4.54. The van der Waals surface area contributed by atoms with Crippen LogP contribution in [0, 0.1) is 0 Å². The predicted molar refractivity (Wildman–Crippen MR) is 75.3 cm³/mol. The minimum atomic E-state index is -0.172. The van der Waals surface area contributed by atoms with Crippen molar-refractivity contribution in [1.29, 1.82) is 0 Å². The fraction of sp³-hybridized carbons (Fsp3) is 0.533. The van der Waals surface area contributed by atoms with Crippen LogP contribution in [-0.2, 0) is 9.53 Å². The number of rotatable bonds is 7. The van der Waals surface area contributed by atoms with Crippen LogP contribution in [0.25, 0.3) is 0 Å². The van der Waals surface area contributed by atoms with Gasteiger partial charge in [0.15, 0.2) is 0 Å². The first-order valence-electron chi connectivity index (χ1n) is 6.63. The normalized spacial score (nSPS) is 13.7. The van der Waals surface area contributed by atoms with E-state index < -0.39 is 0 Å². The van der Waals surface area contributed by atoms with Gasteiger partial charge in [-0.3, -0.25) is 4.79 Å². The van der Waals surface area contributed by atoms with Crippen LogP contribution in [0.1, 0.15) is 38.8 Å². The molecule has 0 fully saturated rings. The number of esters is 1. The van der Waals surface area contributed by atoms with Gasteiger partial charge < -0.3 is 14.8 Å². The minimum Gasteiger partial charge on any atom is -0.496 e. The van der Waals surface area contributed by atoms with Gasteiger partial charge in [-0.05, 0) is 26.8 Å². The van der Waals surface area contributed by atoms with Gasteiger partial charge in [0, 0.05) is 17.6 Å². The summed E-state index contributed by atoms with van der Waals surface area (Å²) >= 11 is 0. The Balaban J connectivity index is 2.58. The number of methoxy groups -OCH3 is 1. The maximum atomic E-state index is 11.4. The molecule has 4 nitrogen and oxygen atoms in total. The van der Waals surface area contributed by atoms with E-state index in [2.05, 4.69) is 12.2 Å². The summed E-state index contributed by atoms with van der Waals surface area (Å²) in [7, 11) is 1.66. The highest BCUT2D eigenvalue weighted by molar-refractivity contribution is 5.70. The number of hydrogen-bond acceptors (Lipinski definition) is 4. The number of hydrogen-bond donors (Lipinski definition) is 1. The van der Waals surface area contributed by atoms with Crippen molar-refractivity contribution < 1.29 is 14.3 Å². The molecule has 0 spiro atoms. The van der Waals surface area contributed by atoms with E-state index in [0.717, 1.165) is 11.3 Å². The Morgan fingerprint density at radius 2 is 2.00 bits per heavy atom.